The number of rotatable bonds is 7. The number of likely N-dealkylation sites (N-methyl/N-ethyl adjacent to an activating group) is 1. The van der Waals surface area contributed by atoms with Crippen LogP contribution in [0.25, 0.3) is 0 Å². The van der Waals surface area contributed by atoms with E-state index in [2.05, 4.69) is 16.8 Å². The molecule has 0 bridgehead atoms. The van der Waals surface area contributed by atoms with Crippen LogP contribution in [0.4, 0.5) is 0 Å². The molecule has 1 aliphatic rings. The highest BCUT2D eigenvalue weighted by Crippen LogP contribution is 2.30. The smallest absolute Gasteiger partial charge is 0.162 e. The Labute approximate surface area is 122 Å². The lowest BCUT2D eigenvalue weighted by atomic mass is 10.1. The molecule has 0 aromatic heterocycles. The zero-order chi connectivity index (χ0) is 14.4. The predicted molar refractivity (Wildman–Crippen MR) is 81.3 cm³/mol. The van der Waals surface area contributed by atoms with Crippen LogP contribution in [0.3, 0.4) is 0 Å². The minimum absolute atomic E-state index is 0.280. The number of aromatic hydroxyl groups is 1. The second kappa shape index (κ2) is 7.50. The molecule has 4 heteroatoms. The topological polar surface area (TPSA) is 35.9 Å². The first-order chi connectivity index (χ1) is 9.70. The molecule has 1 aliphatic heterocycles. The summed E-state index contributed by atoms with van der Waals surface area (Å²) in [4.78, 5) is 4.76. The van der Waals surface area contributed by atoms with Crippen LogP contribution in [0.15, 0.2) is 18.2 Å². The Hall–Kier alpha value is -1.26. The molecule has 0 atom stereocenters. The Morgan fingerprint density at radius 3 is 2.75 bits per heavy atom. The van der Waals surface area contributed by atoms with Gasteiger partial charge >= 0.3 is 0 Å². The van der Waals surface area contributed by atoms with Crippen molar-refractivity contribution in [3.8, 4) is 11.5 Å². The monoisotopic (exact) mass is 278 g/mol. The lowest BCUT2D eigenvalue weighted by molar-refractivity contribution is 0.249. The fraction of sp³-hybridized carbons (Fsp3) is 0.625. The Morgan fingerprint density at radius 1 is 1.30 bits per heavy atom. The number of phenols is 1. The minimum atomic E-state index is 0.280. The van der Waals surface area contributed by atoms with Crippen molar-refractivity contribution in [1.29, 1.82) is 0 Å². The van der Waals surface area contributed by atoms with E-state index in [0.29, 0.717) is 12.4 Å². The van der Waals surface area contributed by atoms with Gasteiger partial charge in [0.2, 0.25) is 0 Å². The summed E-state index contributed by atoms with van der Waals surface area (Å²) < 4.78 is 5.42. The van der Waals surface area contributed by atoms with Gasteiger partial charge in [-0.3, -0.25) is 0 Å². The van der Waals surface area contributed by atoms with Gasteiger partial charge in [0, 0.05) is 25.2 Å². The van der Waals surface area contributed by atoms with Gasteiger partial charge in [0.05, 0.1) is 6.61 Å². The molecule has 0 aliphatic carbocycles. The normalized spacial score (nSPS) is 15.9. The van der Waals surface area contributed by atoms with Crippen LogP contribution in [-0.2, 0) is 6.54 Å². The fourth-order valence-corrected chi connectivity index (χ4v) is 2.66. The van der Waals surface area contributed by atoms with E-state index in [9.17, 15) is 5.11 Å². The van der Waals surface area contributed by atoms with Gasteiger partial charge in [-0.1, -0.05) is 12.1 Å². The quantitative estimate of drug-likeness (QED) is 0.830. The Balaban J connectivity index is 1.86. The summed E-state index contributed by atoms with van der Waals surface area (Å²) in [5, 5.41) is 10.2. The van der Waals surface area contributed by atoms with E-state index in [1.807, 2.05) is 25.1 Å². The van der Waals surface area contributed by atoms with Crippen LogP contribution in [0.5, 0.6) is 11.5 Å². The minimum Gasteiger partial charge on any atom is -0.504 e. The first kappa shape index (κ1) is 15.1. The number of nitrogens with zero attached hydrogens (tertiary/aromatic N) is 2. The largest absolute Gasteiger partial charge is 0.504 e. The van der Waals surface area contributed by atoms with E-state index in [1.54, 1.807) is 0 Å². The molecule has 0 saturated carbocycles. The van der Waals surface area contributed by atoms with Crippen molar-refractivity contribution in [3.63, 3.8) is 0 Å². The molecule has 0 spiro atoms. The van der Waals surface area contributed by atoms with Gasteiger partial charge in [-0.2, -0.15) is 0 Å². The van der Waals surface area contributed by atoms with E-state index in [1.165, 1.54) is 25.9 Å². The zero-order valence-electron chi connectivity index (χ0n) is 12.6. The molecule has 1 aromatic rings. The number of hydrogen-bond donors (Lipinski definition) is 1. The van der Waals surface area contributed by atoms with Gasteiger partial charge < -0.3 is 19.6 Å². The molecule has 1 heterocycles. The average Bonchev–Trinajstić information content (AvgIpc) is 2.94. The van der Waals surface area contributed by atoms with Crippen LogP contribution in [0, 0.1) is 0 Å². The highest BCUT2D eigenvalue weighted by molar-refractivity contribution is 5.45. The Bertz CT molecular complexity index is 417. The predicted octanol–water partition coefficient (Wildman–Crippen LogP) is 2.32. The number of benzene rings is 1. The van der Waals surface area contributed by atoms with E-state index in [4.69, 9.17) is 4.74 Å². The number of para-hydroxylation sites is 1. The first-order valence-corrected chi connectivity index (χ1v) is 7.55. The molecular weight excluding hydrogens is 252 g/mol. The van der Waals surface area contributed by atoms with Crippen molar-refractivity contribution < 1.29 is 9.84 Å². The maximum absolute atomic E-state index is 10.2. The maximum Gasteiger partial charge on any atom is 0.162 e. The third-order valence-corrected chi connectivity index (χ3v) is 3.82. The molecule has 4 nitrogen and oxygen atoms in total. The van der Waals surface area contributed by atoms with Gasteiger partial charge in [-0.15, -0.1) is 0 Å². The molecule has 112 valence electrons. The Kier molecular flexibility index (Phi) is 5.68. The maximum atomic E-state index is 10.2. The van der Waals surface area contributed by atoms with Gasteiger partial charge in [0.15, 0.2) is 11.5 Å². The molecule has 1 aromatic carbocycles. The van der Waals surface area contributed by atoms with Crippen LogP contribution in [-0.4, -0.2) is 54.7 Å². The standard InChI is InChI=1S/C16H26N2O2/c1-3-20-15-8-6-7-14(16(15)19)13-17(2)11-12-18-9-4-5-10-18/h6-8,19H,3-5,9-13H2,1-2H3. The first-order valence-electron chi connectivity index (χ1n) is 7.55. The van der Waals surface area contributed by atoms with E-state index < -0.39 is 0 Å². The zero-order valence-corrected chi connectivity index (χ0v) is 12.6. The summed E-state index contributed by atoms with van der Waals surface area (Å²) in [7, 11) is 2.10. The number of likely N-dealkylation sites (tertiary alicyclic amines) is 1. The Morgan fingerprint density at radius 2 is 2.05 bits per heavy atom. The van der Waals surface area contributed by atoms with Gasteiger partial charge in [0.1, 0.15) is 0 Å². The summed E-state index contributed by atoms with van der Waals surface area (Å²) in [6.45, 7) is 7.86. The third-order valence-electron chi connectivity index (χ3n) is 3.82. The molecule has 1 fully saturated rings. The molecule has 1 N–H and O–H groups in total. The van der Waals surface area contributed by atoms with E-state index in [0.717, 1.165) is 25.2 Å². The van der Waals surface area contributed by atoms with E-state index in [-0.39, 0.29) is 5.75 Å². The summed E-state index contributed by atoms with van der Waals surface area (Å²) in [5.41, 5.74) is 0.930. The average molecular weight is 278 g/mol. The number of phenolic OH excluding ortho intramolecular Hbond substituents is 1. The van der Waals surface area contributed by atoms with Crippen molar-refractivity contribution in [2.24, 2.45) is 0 Å². The van der Waals surface area contributed by atoms with Crippen LogP contribution >= 0.6 is 0 Å². The van der Waals surface area contributed by atoms with Crippen molar-refractivity contribution in [3.05, 3.63) is 23.8 Å². The molecule has 1 saturated heterocycles. The van der Waals surface area contributed by atoms with Gasteiger partial charge in [-0.05, 0) is 46.0 Å². The highest BCUT2D eigenvalue weighted by atomic mass is 16.5. The molecule has 20 heavy (non-hydrogen) atoms. The van der Waals surface area contributed by atoms with Crippen LogP contribution < -0.4 is 4.74 Å². The van der Waals surface area contributed by atoms with Crippen molar-refractivity contribution >= 4 is 0 Å². The second-order valence-corrected chi connectivity index (χ2v) is 5.48. The van der Waals surface area contributed by atoms with Gasteiger partial charge in [-0.25, -0.2) is 0 Å². The summed E-state index contributed by atoms with van der Waals surface area (Å²) in [5.74, 6) is 0.861. The summed E-state index contributed by atoms with van der Waals surface area (Å²) in [6, 6.07) is 5.71. The third kappa shape index (κ3) is 4.12. The summed E-state index contributed by atoms with van der Waals surface area (Å²) in [6.07, 6.45) is 2.67. The molecule has 0 amide bonds. The second-order valence-electron chi connectivity index (χ2n) is 5.48. The van der Waals surface area contributed by atoms with E-state index >= 15 is 0 Å². The van der Waals surface area contributed by atoms with Crippen molar-refractivity contribution in [1.82, 2.24) is 9.80 Å². The van der Waals surface area contributed by atoms with Crippen molar-refractivity contribution in [2.75, 3.05) is 39.8 Å². The van der Waals surface area contributed by atoms with Crippen LogP contribution in [0.1, 0.15) is 25.3 Å². The lowest BCUT2D eigenvalue weighted by Gasteiger charge is -2.22. The summed E-state index contributed by atoms with van der Waals surface area (Å²) >= 11 is 0. The highest BCUT2D eigenvalue weighted by Gasteiger charge is 2.13. The fourth-order valence-electron chi connectivity index (χ4n) is 2.66. The van der Waals surface area contributed by atoms with Crippen molar-refractivity contribution in [2.45, 2.75) is 26.3 Å². The number of hydrogen-bond acceptors (Lipinski definition) is 4. The number of ether oxygens (including phenoxy) is 1. The molecule has 2 rings (SSSR count). The SMILES string of the molecule is CCOc1cccc(CN(C)CCN2CCCC2)c1O. The van der Waals surface area contributed by atoms with Crippen LogP contribution in [0.2, 0.25) is 0 Å². The lowest BCUT2D eigenvalue weighted by Crippen LogP contribution is -2.31. The molecule has 0 radical (unpaired) electrons. The van der Waals surface area contributed by atoms with Gasteiger partial charge in [0.25, 0.3) is 0 Å². The molecular formula is C16H26N2O2. The molecule has 0 unspecified atom stereocenters.